The van der Waals surface area contributed by atoms with Crippen LogP contribution in [0.25, 0.3) is 0 Å². The molecule has 0 aromatic heterocycles. The van der Waals surface area contributed by atoms with Gasteiger partial charge in [0.15, 0.2) is 17.7 Å². The van der Waals surface area contributed by atoms with Crippen molar-refractivity contribution in [1.82, 2.24) is 4.90 Å². The van der Waals surface area contributed by atoms with E-state index in [9.17, 15) is 24.6 Å². The van der Waals surface area contributed by atoms with E-state index in [1.54, 1.807) is 0 Å². The molecule has 2 aromatic rings. The number of aliphatic hydroxyl groups excluding tert-OH is 1. The Balaban J connectivity index is 1.72. The first-order valence-corrected chi connectivity index (χ1v) is 10.8. The fourth-order valence-corrected chi connectivity index (χ4v) is 4.41. The summed E-state index contributed by atoms with van der Waals surface area (Å²) >= 11 is 0. The van der Waals surface area contributed by atoms with Crippen LogP contribution in [0, 0.1) is 0 Å². The number of rotatable bonds is 6. The molecular formula is C24H26N2O8. The molecule has 0 bridgehead atoms. The second-order valence-electron chi connectivity index (χ2n) is 8.09. The minimum absolute atomic E-state index is 0.00669. The van der Waals surface area contributed by atoms with Gasteiger partial charge in [0.25, 0.3) is 5.91 Å². The summed E-state index contributed by atoms with van der Waals surface area (Å²) in [7, 11) is 2.71. The van der Waals surface area contributed by atoms with E-state index in [1.165, 1.54) is 31.3 Å². The number of benzene rings is 2. The molecule has 10 nitrogen and oxygen atoms in total. The molecule has 0 fully saturated rings. The van der Waals surface area contributed by atoms with Crippen molar-refractivity contribution in [3.63, 3.8) is 0 Å². The number of anilines is 1. The molecule has 2 aromatic carbocycles. The van der Waals surface area contributed by atoms with Crippen LogP contribution in [0.3, 0.4) is 0 Å². The molecule has 0 saturated carbocycles. The number of esters is 1. The van der Waals surface area contributed by atoms with Crippen LogP contribution < -0.4 is 14.4 Å². The quantitative estimate of drug-likeness (QED) is 0.487. The molecule has 0 saturated heterocycles. The molecule has 0 aliphatic carbocycles. The van der Waals surface area contributed by atoms with Gasteiger partial charge in [-0.15, -0.1) is 0 Å². The van der Waals surface area contributed by atoms with Gasteiger partial charge in [0.05, 0.1) is 38.1 Å². The van der Waals surface area contributed by atoms with E-state index in [4.69, 9.17) is 9.47 Å². The Labute approximate surface area is 196 Å². The Kier molecular flexibility index (Phi) is 6.60. The maximum absolute atomic E-state index is 13.6. The Bertz CT molecular complexity index is 1120. The lowest BCUT2D eigenvalue weighted by molar-refractivity contribution is -0.140. The number of nitrogens with zero attached hydrogens (tertiary/aromatic N) is 2. The zero-order chi connectivity index (χ0) is 24.4. The molecule has 2 amide bonds. The molecule has 2 heterocycles. The number of carbonyl (C=O) groups excluding carboxylic acids is 2. The molecule has 2 atom stereocenters. The van der Waals surface area contributed by atoms with E-state index in [2.05, 4.69) is 4.74 Å². The van der Waals surface area contributed by atoms with Crippen molar-refractivity contribution in [2.75, 3.05) is 25.7 Å². The second kappa shape index (κ2) is 9.60. The molecule has 2 aliphatic rings. The van der Waals surface area contributed by atoms with Crippen LogP contribution in [0.1, 0.15) is 34.3 Å². The maximum atomic E-state index is 13.6. The first kappa shape index (κ1) is 23.4. The number of ether oxygens (including phenoxy) is 3. The van der Waals surface area contributed by atoms with Gasteiger partial charge in [0.1, 0.15) is 0 Å². The van der Waals surface area contributed by atoms with E-state index in [-0.39, 0.29) is 48.3 Å². The molecule has 4 rings (SSSR count). The molecule has 180 valence electrons. The van der Waals surface area contributed by atoms with Crippen molar-refractivity contribution in [3.05, 3.63) is 53.1 Å². The van der Waals surface area contributed by atoms with E-state index in [0.717, 1.165) is 16.0 Å². The van der Waals surface area contributed by atoms with Crippen LogP contribution in [0.5, 0.6) is 11.5 Å². The van der Waals surface area contributed by atoms with Crippen molar-refractivity contribution >= 4 is 23.7 Å². The number of carbonyl (C=O) groups is 3. The minimum Gasteiger partial charge on any atom is -0.493 e. The van der Waals surface area contributed by atoms with E-state index in [1.807, 2.05) is 24.3 Å². The highest BCUT2D eigenvalue weighted by atomic mass is 16.5. The molecule has 1 unspecified atom stereocenters. The normalized spacial score (nSPS) is 18.9. The molecule has 2 aliphatic heterocycles. The van der Waals surface area contributed by atoms with Crippen molar-refractivity contribution in [1.29, 1.82) is 0 Å². The van der Waals surface area contributed by atoms with Gasteiger partial charge < -0.3 is 29.3 Å². The van der Waals surface area contributed by atoms with Gasteiger partial charge in [-0.1, -0.05) is 24.3 Å². The number of carboxylic acid groups (broad SMARTS) is 1. The van der Waals surface area contributed by atoms with Crippen molar-refractivity contribution < 1.29 is 38.8 Å². The number of hydrogen-bond donors (Lipinski definition) is 2. The SMILES string of the molecule is COC(=O)CCCOc1cc2c(cc1OC)C(=O)N1Cc3ccccc3C[C@H]1C(O)N2C(=O)O. The summed E-state index contributed by atoms with van der Waals surface area (Å²) in [4.78, 5) is 39.5. The first-order chi connectivity index (χ1) is 16.3. The van der Waals surface area contributed by atoms with Crippen LogP contribution in [0.4, 0.5) is 10.5 Å². The highest BCUT2D eigenvalue weighted by Gasteiger charge is 2.44. The van der Waals surface area contributed by atoms with Crippen LogP contribution in [0.15, 0.2) is 36.4 Å². The van der Waals surface area contributed by atoms with Crippen molar-refractivity contribution in [2.24, 2.45) is 0 Å². The Morgan fingerprint density at radius 2 is 1.85 bits per heavy atom. The Hall–Kier alpha value is -3.79. The van der Waals surface area contributed by atoms with Crippen molar-refractivity contribution in [3.8, 4) is 11.5 Å². The van der Waals surface area contributed by atoms with E-state index in [0.29, 0.717) is 12.8 Å². The lowest BCUT2D eigenvalue weighted by Gasteiger charge is -2.39. The summed E-state index contributed by atoms with van der Waals surface area (Å²) in [5, 5.41) is 21.1. The maximum Gasteiger partial charge on any atom is 0.414 e. The van der Waals surface area contributed by atoms with Crippen LogP contribution in [-0.2, 0) is 22.5 Å². The molecular weight excluding hydrogens is 444 g/mol. The minimum atomic E-state index is -1.49. The molecule has 34 heavy (non-hydrogen) atoms. The van der Waals surface area contributed by atoms with Crippen LogP contribution >= 0.6 is 0 Å². The smallest absolute Gasteiger partial charge is 0.414 e. The Morgan fingerprint density at radius 3 is 2.53 bits per heavy atom. The van der Waals surface area contributed by atoms with Crippen LogP contribution in [0.2, 0.25) is 0 Å². The highest BCUT2D eigenvalue weighted by molar-refractivity contribution is 6.05. The lowest BCUT2D eigenvalue weighted by atomic mass is 9.93. The van der Waals surface area contributed by atoms with Gasteiger partial charge in [0.2, 0.25) is 0 Å². The average molecular weight is 470 g/mol. The largest absolute Gasteiger partial charge is 0.493 e. The standard InChI is InChI=1S/C24H26N2O8/c1-32-19-11-16-17(12-20(19)34-9-5-8-21(27)33-2)26(24(30)31)23(29)18-10-14-6-3-4-7-15(14)13-25(18)22(16)28/h3-4,6-7,11-12,18,23,29H,5,8-10,13H2,1-2H3,(H,30,31)/t18-,23?/m0/s1. The van der Waals surface area contributed by atoms with E-state index < -0.39 is 24.3 Å². The highest BCUT2D eigenvalue weighted by Crippen LogP contribution is 2.41. The number of methoxy groups -OCH3 is 2. The summed E-state index contributed by atoms with van der Waals surface area (Å²) in [5.41, 5.74) is 2.00. The number of hydrogen-bond acceptors (Lipinski definition) is 7. The monoisotopic (exact) mass is 470 g/mol. The summed E-state index contributed by atoms with van der Waals surface area (Å²) in [6.07, 6.45) is -2.06. The van der Waals surface area contributed by atoms with E-state index >= 15 is 0 Å². The first-order valence-electron chi connectivity index (χ1n) is 10.8. The topological polar surface area (TPSA) is 126 Å². The number of fused-ring (bicyclic) bond motifs is 3. The third-order valence-corrected chi connectivity index (χ3v) is 6.15. The van der Waals surface area contributed by atoms with Gasteiger partial charge in [0, 0.05) is 19.0 Å². The van der Waals surface area contributed by atoms with Gasteiger partial charge in [-0.3, -0.25) is 9.59 Å². The molecule has 2 N–H and O–H groups in total. The van der Waals surface area contributed by atoms with Gasteiger partial charge in [-0.25, -0.2) is 9.69 Å². The fourth-order valence-electron chi connectivity index (χ4n) is 4.41. The predicted molar refractivity (Wildman–Crippen MR) is 120 cm³/mol. The number of aliphatic hydroxyl groups is 1. The number of amides is 2. The zero-order valence-corrected chi connectivity index (χ0v) is 18.9. The molecule has 10 heteroatoms. The Morgan fingerprint density at radius 1 is 1.12 bits per heavy atom. The third kappa shape index (κ3) is 4.24. The third-order valence-electron chi connectivity index (χ3n) is 6.15. The lowest BCUT2D eigenvalue weighted by Crippen LogP contribution is -2.55. The van der Waals surface area contributed by atoms with Gasteiger partial charge >= 0.3 is 12.1 Å². The summed E-state index contributed by atoms with van der Waals surface area (Å²) in [5.74, 6) is -0.352. The fraction of sp³-hybridized carbons (Fsp3) is 0.375. The van der Waals surface area contributed by atoms with Gasteiger partial charge in [-0.05, 0) is 30.0 Å². The van der Waals surface area contributed by atoms with Crippen molar-refractivity contribution in [2.45, 2.75) is 38.1 Å². The second-order valence-corrected chi connectivity index (χ2v) is 8.09. The predicted octanol–water partition coefficient (Wildman–Crippen LogP) is 2.41. The molecule has 0 radical (unpaired) electrons. The summed E-state index contributed by atoms with van der Waals surface area (Å²) in [6.45, 7) is 0.385. The zero-order valence-electron chi connectivity index (χ0n) is 18.9. The molecule has 0 spiro atoms. The van der Waals surface area contributed by atoms with Crippen LogP contribution in [-0.4, -0.2) is 66.2 Å². The average Bonchev–Trinajstić information content (AvgIpc) is 2.92. The summed E-state index contributed by atoms with van der Waals surface area (Å²) in [6, 6.07) is 9.63. The summed E-state index contributed by atoms with van der Waals surface area (Å²) < 4.78 is 15.7. The van der Waals surface area contributed by atoms with Gasteiger partial charge in [-0.2, -0.15) is 0 Å².